The summed E-state index contributed by atoms with van der Waals surface area (Å²) in [5.74, 6) is 0.618. The Morgan fingerprint density at radius 3 is 2.69 bits per heavy atom. The van der Waals surface area contributed by atoms with Gasteiger partial charge in [0.05, 0.1) is 13.2 Å². The zero-order chi connectivity index (χ0) is 18.4. The summed E-state index contributed by atoms with van der Waals surface area (Å²) in [6.07, 6.45) is 0.422. The highest BCUT2D eigenvalue weighted by molar-refractivity contribution is 5.93. The van der Waals surface area contributed by atoms with Gasteiger partial charge in [0.2, 0.25) is 5.91 Å². The van der Waals surface area contributed by atoms with Crippen LogP contribution < -0.4 is 4.90 Å². The molecule has 0 aliphatic carbocycles. The van der Waals surface area contributed by atoms with Crippen molar-refractivity contribution >= 4 is 11.6 Å². The van der Waals surface area contributed by atoms with Crippen LogP contribution in [0.2, 0.25) is 0 Å². The topological polar surface area (TPSA) is 84.0 Å². The lowest BCUT2D eigenvalue weighted by Gasteiger charge is -2.23. The Kier molecular flexibility index (Phi) is 5.70. The molecule has 0 spiro atoms. The molecular formula is C19H21N5O2. The standard InChI is InChI=1S/C19H21N5O2/c1-3-18(25)24(12-14-6-4-7-15(10-14)13-26-2)17-9-5-8-16(11-17)19-20-22-23-21-19/h4-11H,3,12-13H2,1-2H3,(H,20,21,22,23). The summed E-state index contributed by atoms with van der Waals surface area (Å²) in [5, 5.41) is 13.9. The van der Waals surface area contributed by atoms with Gasteiger partial charge in [-0.25, -0.2) is 5.10 Å². The highest BCUT2D eigenvalue weighted by atomic mass is 16.5. The van der Waals surface area contributed by atoms with E-state index in [1.807, 2.05) is 49.4 Å². The molecule has 134 valence electrons. The first kappa shape index (κ1) is 17.8. The predicted octanol–water partition coefficient (Wildman–Crippen LogP) is 2.96. The molecule has 1 heterocycles. The molecule has 7 heteroatoms. The van der Waals surface area contributed by atoms with E-state index in [0.717, 1.165) is 22.4 Å². The molecule has 0 saturated carbocycles. The maximum atomic E-state index is 12.6. The van der Waals surface area contributed by atoms with E-state index in [9.17, 15) is 4.79 Å². The highest BCUT2D eigenvalue weighted by Crippen LogP contribution is 2.24. The molecule has 1 N–H and O–H groups in total. The van der Waals surface area contributed by atoms with Gasteiger partial charge in [0, 0.05) is 24.8 Å². The summed E-state index contributed by atoms with van der Waals surface area (Å²) in [6, 6.07) is 15.7. The van der Waals surface area contributed by atoms with Crippen LogP contribution in [0.5, 0.6) is 0 Å². The van der Waals surface area contributed by atoms with Gasteiger partial charge in [-0.3, -0.25) is 4.79 Å². The van der Waals surface area contributed by atoms with Gasteiger partial charge >= 0.3 is 0 Å². The lowest BCUT2D eigenvalue weighted by atomic mass is 10.1. The number of anilines is 1. The maximum absolute atomic E-state index is 12.6. The smallest absolute Gasteiger partial charge is 0.227 e. The van der Waals surface area contributed by atoms with Gasteiger partial charge in [0.15, 0.2) is 5.82 Å². The second kappa shape index (κ2) is 8.35. The van der Waals surface area contributed by atoms with Crippen LogP contribution in [0.4, 0.5) is 5.69 Å². The SMILES string of the molecule is CCC(=O)N(Cc1cccc(COC)c1)c1cccc(-c2nnn[nH]2)c1. The van der Waals surface area contributed by atoms with E-state index in [1.165, 1.54) is 0 Å². The third-order valence-electron chi connectivity index (χ3n) is 4.02. The molecule has 0 radical (unpaired) electrons. The van der Waals surface area contributed by atoms with Crippen molar-refractivity contribution in [3.63, 3.8) is 0 Å². The van der Waals surface area contributed by atoms with Crippen LogP contribution in [0.3, 0.4) is 0 Å². The zero-order valence-electron chi connectivity index (χ0n) is 14.8. The normalized spacial score (nSPS) is 10.7. The minimum absolute atomic E-state index is 0.0509. The number of hydrogen-bond acceptors (Lipinski definition) is 5. The number of aromatic amines is 1. The van der Waals surface area contributed by atoms with E-state index in [0.29, 0.717) is 25.4 Å². The Labute approximate surface area is 152 Å². The lowest BCUT2D eigenvalue weighted by molar-refractivity contribution is -0.118. The second-order valence-corrected chi connectivity index (χ2v) is 5.89. The summed E-state index contributed by atoms with van der Waals surface area (Å²) < 4.78 is 5.20. The quantitative estimate of drug-likeness (QED) is 0.707. The summed E-state index contributed by atoms with van der Waals surface area (Å²) >= 11 is 0. The number of benzene rings is 2. The van der Waals surface area contributed by atoms with E-state index < -0.39 is 0 Å². The second-order valence-electron chi connectivity index (χ2n) is 5.89. The number of carbonyl (C=O) groups excluding carboxylic acids is 1. The first-order valence-electron chi connectivity index (χ1n) is 8.42. The Bertz CT molecular complexity index is 864. The van der Waals surface area contributed by atoms with Crippen LogP contribution in [-0.4, -0.2) is 33.6 Å². The highest BCUT2D eigenvalue weighted by Gasteiger charge is 2.16. The average Bonchev–Trinajstić information content (AvgIpc) is 3.21. The summed E-state index contributed by atoms with van der Waals surface area (Å²) in [6.45, 7) is 2.90. The van der Waals surface area contributed by atoms with Crippen LogP contribution >= 0.6 is 0 Å². The molecule has 1 amide bonds. The van der Waals surface area contributed by atoms with Gasteiger partial charge in [-0.2, -0.15) is 0 Å². The number of methoxy groups -OCH3 is 1. The molecule has 0 unspecified atom stereocenters. The number of aromatic nitrogens is 4. The van der Waals surface area contributed by atoms with Crippen molar-refractivity contribution in [2.75, 3.05) is 12.0 Å². The molecule has 0 saturated heterocycles. The van der Waals surface area contributed by atoms with Crippen molar-refractivity contribution in [1.82, 2.24) is 20.6 Å². The summed E-state index contributed by atoms with van der Waals surface area (Å²) in [5.41, 5.74) is 3.76. The van der Waals surface area contributed by atoms with E-state index >= 15 is 0 Å². The molecule has 0 fully saturated rings. The predicted molar refractivity (Wildman–Crippen MR) is 98.2 cm³/mol. The van der Waals surface area contributed by atoms with Crippen molar-refractivity contribution in [3.8, 4) is 11.4 Å². The summed E-state index contributed by atoms with van der Waals surface area (Å²) in [4.78, 5) is 14.4. The third kappa shape index (κ3) is 4.12. The number of amides is 1. The Balaban J connectivity index is 1.90. The van der Waals surface area contributed by atoms with E-state index in [-0.39, 0.29) is 5.91 Å². The van der Waals surface area contributed by atoms with Gasteiger partial charge in [-0.15, -0.1) is 5.10 Å². The monoisotopic (exact) mass is 351 g/mol. The van der Waals surface area contributed by atoms with Crippen molar-refractivity contribution in [2.24, 2.45) is 0 Å². The number of hydrogen-bond donors (Lipinski definition) is 1. The molecule has 7 nitrogen and oxygen atoms in total. The molecule has 0 aliphatic heterocycles. The number of ether oxygens (including phenoxy) is 1. The molecule has 26 heavy (non-hydrogen) atoms. The Morgan fingerprint density at radius 1 is 1.15 bits per heavy atom. The number of carbonyl (C=O) groups is 1. The van der Waals surface area contributed by atoms with Gasteiger partial charge in [-0.1, -0.05) is 43.3 Å². The zero-order valence-corrected chi connectivity index (χ0v) is 14.8. The van der Waals surface area contributed by atoms with Crippen LogP contribution in [0, 0.1) is 0 Å². The van der Waals surface area contributed by atoms with Crippen LogP contribution in [0.25, 0.3) is 11.4 Å². The largest absolute Gasteiger partial charge is 0.380 e. The maximum Gasteiger partial charge on any atom is 0.227 e. The van der Waals surface area contributed by atoms with Crippen LogP contribution in [0.1, 0.15) is 24.5 Å². The molecule has 0 aliphatic rings. The number of H-pyrrole nitrogens is 1. The molecule has 3 rings (SSSR count). The van der Waals surface area contributed by atoms with Crippen molar-refractivity contribution in [2.45, 2.75) is 26.5 Å². The average molecular weight is 351 g/mol. The van der Waals surface area contributed by atoms with Crippen molar-refractivity contribution in [1.29, 1.82) is 0 Å². The molecule has 0 bridgehead atoms. The number of rotatable bonds is 7. The first-order chi connectivity index (χ1) is 12.7. The number of nitrogens with one attached hydrogen (secondary N) is 1. The number of tetrazole rings is 1. The fraction of sp³-hybridized carbons (Fsp3) is 0.263. The van der Waals surface area contributed by atoms with Gasteiger partial charge in [0.25, 0.3) is 0 Å². The van der Waals surface area contributed by atoms with E-state index in [1.54, 1.807) is 12.0 Å². The molecule has 2 aromatic carbocycles. The van der Waals surface area contributed by atoms with Crippen molar-refractivity contribution in [3.05, 3.63) is 59.7 Å². The fourth-order valence-corrected chi connectivity index (χ4v) is 2.78. The fourth-order valence-electron chi connectivity index (χ4n) is 2.78. The minimum atomic E-state index is 0.0509. The lowest BCUT2D eigenvalue weighted by Crippen LogP contribution is -2.29. The molecular weight excluding hydrogens is 330 g/mol. The van der Waals surface area contributed by atoms with Gasteiger partial charge in [-0.05, 0) is 33.7 Å². The molecule has 1 aromatic heterocycles. The van der Waals surface area contributed by atoms with E-state index in [2.05, 4.69) is 26.7 Å². The number of nitrogens with zero attached hydrogens (tertiary/aromatic N) is 4. The Morgan fingerprint density at radius 2 is 1.96 bits per heavy atom. The van der Waals surface area contributed by atoms with Crippen LogP contribution in [0.15, 0.2) is 48.5 Å². The Hall–Kier alpha value is -3.06. The first-order valence-corrected chi connectivity index (χ1v) is 8.42. The van der Waals surface area contributed by atoms with Crippen LogP contribution in [-0.2, 0) is 22.7 Å². The van der Waals surface area contributed by atoms with Crippen molar-refractivity contribution < 1.29 is 9.53 Å². The summed E-state index contributed by atoms with van der Waals surface area (Å²) in [7, 11) is 1.67. The van der Waals surface area contributed by atoms with E-state index in [4.69, 9.17) is 4.74 Å². The minimum Gasteiger partial charge on any atom is -0.380 e. The third-order valence-corrected chi connectivity index (χ3v) is 4.02. The molecule has 0 atom stereocenters. The van der Waals surface area contributed by atoms with Gasteiger partial charge in [0.1, 0.15) is 0 Å². The molecule has 3 aromatic rings. The van der Waals surface area contributed by atoms with Gasteiger partial charge < -0.3 is 9.64 Å².